The van der Waals surface area contributed by atoms with E-state index < -0.39 is 5.82 Å². The summed E-state index contributed by atoms with van der Waals surface area (Å²) >= 11 is 5.53. The van der Waals surface area contributed by atoms with Gasteiger partial charge in [-0.15, -0.1) is 11.6 Å². The summed E-state index contributed by atoms with van der Waals surface area (Å²) in [7, 11) is 1.44. The second-order valence-electron chi connectivity index (χ2n) is 2.97. The van der Waals surface area contributed by atoms with Crippen LogP contribution in [0, 0.1) is 5.82 Å². The zero-order valence-electron chi connectivity index (χ0n) is 8.41. The van der Waals surface area contributed by atoms with Crippen LogP contribution in [-0.2, 0) is 5.88 Å². The zero-order chi connectivity index (χ0) is 11.5. The standard InChI is InChI=1S/C10H8ClFN2O2/c1-15-7-4-2-3-6(12)9(7)10-13-8(5-11)14-16-10/h2-4H,5H2,1H3. The highest BCUT2D eigenvalue weighted by Gasteiger charge is 2.17. The van der Waals surface area contributed by atoms with Crippen LogP contribution in [0.3, 0.4) is 0 Å². The van der Waals surface area contributed by atoms with Crippen molar-refractivity contribution in [1.29, 1.82) is 0 Å². The van der Waals surface area contributed by atoms with Gasteiger partial charge in [0.2, 0.25) is 0 Å². The van der Waals surface area contributed by atoms with Crippen LogP contribution in [-0.4, -0.2) is 17.3 Å². The highest BCUT2D eigenvalue weighted by atomic mass is 35.5. The first-order chi connectivity index (χ1) is 7.76. The quantitative estimate of drug-likeness (QED) is 0.777. The van der Waals surface area contributed by atoms with Gasteiger partial charge in [-0.05, 0) is 12.1 Å². The molecule has 0 unspecified atom stereocenters. The van der Waals surface area contributed by atoms with Crippen molar-refractivity contribution in [3.05, 3.63) is 29.8 Å². The lowest BCUT2D eigenvalue weighted by Gasteiger charge is -2.04. The second kappa shape index (κ2) is 4.49. The Bertz CT molecular complexity index is 501. The highest BCUT2D eigenvalue weighted by molar-refractivity contribution is 6.16. The van der Waals surface area contributed by atoms with E-state index in [1.165, 1.54) is 19.2 Å². The molecule has 84 valence electrons. The monoisotopic (exact) mass is 242 g/mol. The van der Waals surface area contributed by atoms with Crippen LogP contribution in [0.2, 0.25) is 0 Å². The minimum atomic E-state index is -0.482. The number of hydrogen-bond donors (Lipinski definition) is 0. The summed E-state index contributed by atoms with van der Waals surface area (Å²) in [6.07, 6.45) is 0. The maximum atomic E-state index is 13.6. The van der Waals surface area contributed by atoms with Gasteiger partial charge in [0.05, 0.1) is 13.0 Å². The molecule has 4 nitrogen and oxygen atoms in total. The Hall–Kier alpha value is -1.62. The predicted octanol–water partition coefficient (Wildman–Crippen LogP) is 2.62. The van der Waals surface area contributed by atoms with E-state index in [9.17, 15) is 4.39 Å². The van der Waals surface area contributed by atoms with Gasteiger partial charge in [0.15, 0.2) is 5.82 Å². The number of methoxy groups -OCH3 is 1. The average molecular weight is 243 g/mol. The summed E-state index contributed by atoms with van der Waals surface area (Å²) in [5, 5.41) is 3.59. The van der Waals surface area contributed by atoms with Crippen LogP contribution in [0.4, 0.5) is 4.39 Å². The van der Waals surface area contributed by atoms with Crippen molar-refractivity contribution in [2.24, 2.45) is 0 Å². The van der Waals surface area contributed by atoms with Crippen LogP contribution in [0.25, 0.3) is 11.5 Å². The van der Waals surface area contributed by atoms with Gasteiger partial charge in [-0.25, -0.2) is 4.39 Å². The molecule has 6 heteroatoms. The van der Waals surface area contributed by atoms with Crippen molar-refractivity contribution in [3.63, 3.8) is 0 Å². The topological polar surface area (TPSA) is 48.2 Å². The molecule has 0 aliphatic rings. The van der Waals surface area contributed by atoms with E-state index in [1.54, 1.807) is 6.07 Å². The minimum absolute atomic E-state index is 0.0607. The van der Waals surface area contributed by atoms with Gasteiger partial charge < -0.3 is 9.26 Å². The van der Waals surface area contributed by atoms with E-state index in [0.717, 1.165) is 0 Å². The Morgan fingerprint density at radius 3 is 2.94 bits per heavy atom. The van der Waals surface area contributed by atoms with Gasteiger partial charge in [-0.2, -0.15) is 4.98 Å². The molecular weight excluding hydrogens is 235 g/mol. The Morgan fingerprint density at radius 1 is 1.50 bits per heavy atom. The number of nitrogens with zero attached hydrogens (tertiary/aromatic N) is 2. The van der Waals surface area contributed by atoms with Crippen LogP contribution < -0.4 is 4.74 Å². The summed E-state index contributed by atoms with van der Waals surface area (Å²) in [5.74, 6) is 0.335. The fraction of sp³-hybridized carbons (Fsp3) is 0.200. The third-order valence-electron chi connectivity index (χ3n) is 2.00. The molecule has 0 aliphatic heterocycles. The largest absolute Gasteiger partial charge is 0.496 e. The van der Waals surface area contributed by atoms with Crippen LogP contribution in [0.15, 0.2) is 22.7 Å². The van der Waals surface area contributed by atoms with Gasteiger partial charge >= 0.3 is 0 Å². The molecule has 0 spiro atoms. The molecule has 0 fully saturated rings. The Morgan fingerprint density at radius 2 is 2.31 bits per heavy atom. The average Bonchev–Trinajstić information content (AvgIpc) is 2.76. The summed E-state index contributed by atoms with van der Waals surface area (Å²) in [6.45, 7) is 0. The number of halogens is 2. The molecule has 2 aromatic rings. The second-order valence-corrected chi connectivity index (χ2v) is 3.23. The molecule has 0 amide bonds. The van der Waals surface area contributed by atoms with E-state index >= 15 is 0 Å². The van der Waals surface area contributed by atoms with Crippen LogP contribution in [0.1, 0.15) is 5.82 Å². The lowest BCUT2D eigenvalue weighted by atomic mass is 10.2. The lowest BCUT2D eigenvalue weighted by Crippen LogP contribution is -1.91. The van der Waals surface area contributed by atoms with Crippen molar-refractivity contribution in [2.45, 2.75) is 5.88 Å². The maximum Gasteiger partial charge on any atom is 0.264 e. The molecule has 1 aromatic heterocycles. The molecule has 1 heterocycles. The van der Waals surface area contributed by atoms with Crippen LogP contribution >= 0.6 is 11.6 Å². The first-order valence-corrected chi connectivity index (χ1v) is 5.01. The fourth-order valence-electron chi connectivity index (χ4n) is 1.29. The minimum Gasteiger partial charge on any atom is -0.496 e. The van der Waals surface area contributed by atoms with E-state index in [-0.39, 0.29) is 17.3 Å². The molecular formula is C10H8ClFN2O2. The van der Waals surface area contributed by atoms with Crippen molar-refractivity contribution in [2.75, 3.05) is 7.11 Å². The van der Waals surface area contributed by atoms with Crippen molar-refractivity contribution < 1.29 is 13.7 Å². The van der Waals surface area contributed by atoms with Gasteiger partial charge in [0.1, 0.15) is 17.1 Å². The first-order valence-electron chi connectivity index (χ1n) is 4.47. The SMILES string of the molecule is COc1cccc(F)c1-c1nc(CCl)no1. The predicted molar refractivity (Wildman–Crippen MR) is 55.8 cm³/mol. The van der Waals surface area contributed by atoms with E-state index in [4.69, 9.17) is 20.9 Å². The van der Waals surface area contributed by atoms with Gasteiger partial charge in [-0.1, -0.05) is 11.2 Å². The molecule has 0 atom stereocenters. The summed E-state index contributed by atoms with van der Waals surface area (Å²) in [5.41, 5.74) is 0.147. The number of rotatable bonds is 3. The molecule has 0 saturated heterocycles. The van der Waals surface area contributed by atoms with Gasteiger partial charge in [0, 0.05) is 0 Å². The normalized spacial score (nSPS) is 10.4. The molecule has 0 aliphatic carbocycles. The highest BCUT2D eigenvalue weighted by Crippen LogP contribution is 2.31. The molecule has 0 bridgehead atoms. The summed E-state index contributed by atoms with van der Waals surface area (Å²) < 4.78 is 23.5. The molecule has 0 radical (unpaired) electrons. The molecule has 0 N–H and O–H groups in total. The van der Waals surface area contributed by atoms with E-state index in [2.05, 4.69) is 10.1 Å². The molecule has 16 heavy (non-hydrogen) atoms. The summed E-state index contributed by atoms with van der Waals surface area (Å²) in [4.78, 5) is 3.94. The smallest absolute Gasteiger partial charge is 0.264 e. The molecule has 1 aromatic carbocycles. The number of benzene rings is 1. The van der Waals surface area contributed by atoms with Crippen LogP contribution in [0.5, 0.6) is 5.75 Å². The first kappa shape index (κ1) is 10.9. The number of aromatic nitrogens is 2. The van der Waals surface area contributed by atoms with Crippen molar-refractivity contribution in [3.8, 4) is 17.2 Å². The number of alkyl halides is 1. The third kappa shape index (κ3) is 1.86. The summed E-state index contributed by atoms with van der Waals surface area (Å²) in [6, 6.07) is 4.45. The van der Waals surface area contributed by atoms with Crippen molar-refractivity contribution in [1.82, 2.24) is 10.1 Å². The Balaban J connectivity index is 2.53. The van der Waals surface area contributed by atoms with Crippen molar-refractivity contribution >= 4 is 11.6 Å². The third-order valence-corrected chi connectivity index (χ3v) is 2.24. The van der Waals surface area contributed by atoms with Gasteiger partial charge in [-0.3, -0.25) is 0 Å². The van der Waals surface area contributed by atoms with Gasteiger partial charge in [0.25, 0.3) is 5.89 Å². The molecule has 2 rings (SSSR count). The van der Waals surface area contributed by atoms with E-state index in [0.29, 0.717) is 11.6 Å². The number of ether oxygens (including phenoxy) is 1. The lowest BCUT2D eigenvalue weighted by molar-refractivity contribution is 0.399. The Labute approximate surface area is 96.0 Å². The van der Waals surface area contributed by atoms with E-state index in [1.807, 2.05) is 0 Å². The molecule has 0 saturated carbocycles. The fourth-order valence-corrected chi connectivity index (χ4v) is 1.40. The number of hydrogen-bond acceptors (Lipinski definition) is 4. The zero-order valence-corrected chi connectivity index (χ0v) is 9.16. The Kier molecular flexibility index (Phi) is 3.05. The maximum absolute atomic E-state index is 13.6.